The van der Waals surface area contributed by atoms with Gasteiger partial charge in [0.05, 0.1) is 0 Å². The van der Waals surface area contributed by atoms with Gasteiger partial charge in [-0.2, -0.15) is 0 Å². The molecule has 0 radical (unpaired) electrons. The van der Waals surface area contributed by atoms with Crippen LogP contribution in [0.25, 0.3) is 22.6 Å². The van der Waals surface area contributed by atoms with E-state index >= 15 is 0 Å². The number of rotatable bonds is 3. The highest BCUT2D eigenvalue weighted by atomic mass is 79.9. The normalized spacial score (nSPS) is 10.9. The van der Waals surface area contributed by atoms with Crippen LogP contribution in [0.15, 0.2) is 52.9 Å². The van der Waals surface area contributed by atoms with Gasteiger partial charge in [-0.05, 0) is 36.2 Å². The lowest BCUT2D eigenvalue weighted by Crippen LogP contribution is -1.85. The summed E-state index contributed by atoms with van der Waals surface area (Å²) in [7, 11) is 0. The van der Waals surface area contributed by atoms with Crippen LogP contribution in [0.3, 0.4) is 0 Å². The summed E-state index contributed by atoms with van der Waals surface area (Å²) in [5.74, 6) is 0.682. The zero-order valence-electron chi connectivity index (χ0n) is 9.77. The van der Waals surface area contributed by atoms with E-state index in [0.29, 0.717) is 5.89 Å². The van der Waals surface area contributed by atoms with Gasteiger partial charge in [-0.1, -0.05) is 40.2 Å². The fourth-order valence-corrected chi connectivity index (χ4v) is 2.38. The van der Waals surface area contributed by atoms with Crippen molar-refractivity contribution in [3.63, 3.8) is 0 Å². The van der Waals surface area contributed by atoms with Crippen molar-refractivity contribution in [1.82, 2.24) is 4.98 Å². The lowest BCUT2D eigenvalue weighted by Gasteiger charge is -1.99. The first-order valence-corrected chi connectivity index (χ1v) is 7.00. The minimum Gasteiger partial charge on any atom is -0.436 e. The Kier molecular flexibility index (Phi) is 3.15. The van der Waals surface area contributed by atoms with Crippen LogP contribution in [-0.2, 0) is 6.42 Å². The summed E-state index contributed by atoms with van der Waals surface area (Å²) in [4.78, 5) is 4.48. The molecule has 0 fully saturated rings. The Morgan fingerprint density at radius 3 is 2.50 bits per heavy atom. The van der Waals surface area contributed by atoms with Gasteiger partial charge < -0.3 is 4.42 Å². The molecule has 90 valence electrons. The Labute approximate surface area is 114 Å². The van der Waals surface area contributed by atoms with Crippen LogP contribution < -0.4 is 0 Å². The van der Waals surface area contributed by atoms with Gasteiger partial charge in [0, 0.05) is 10.9 Å². The Morgan fingerprint density at radius 2 is 1.78 bits per heavy atom. The van der Waals surface area contributed by atoms with Crippen LogP contribution in [0.4, 0.5) is 0 Å². The second kappa shape index (κ2) is 4.94. The molecule has 0 aliphatic rings. The summed E-state index contributed by atoms with van der Waals surface area (Å²) >= 11 is 3.44. The summed E-state index contributed by atoms with van der Waals surface area (Å²) in [5.41, 5.74) is 4.06. The Morgan fingerprint density at radius 1 is 1.00 bits per heavy atom. The Balaban J connectivity index is 1.98. The quantitative estimate of drug-likeness (QED) is 0.669. The SMILES string of the molecule is BrCCc1ccc(-c2nc3ccccc3o2)cc1. The summed E-state index contributed by atoms with van der Waals surface area (Å²) in [6, 6.07) is 16.2. The molecular weight excluding hydrogens is 290 g/mol. The second-order valence-electron chi connectivity index (χ2n) is 4.12. The molecule has 3 aromatic rings. The summed E-state index contributed by atoms with van der Waals surface area (Å²) in [6.45, 7) is 0. The van der Waals surface area contributed by atoms with Crippen molar-refractivity contribution in [3.8, 4) is 11.5 Å². The highest BCUT2D eigenvalue weighted by Crippen LogP contribution is 2.24. The third kappa shape index (κ3) is 2.18. The van der Waals surface area contributed by atoms with E-state index in [2.05, 4.69) is 45.2 Å². The smallest absolute Gasteiger partial charge is 0.227 e. The number of hydrogen-bond donors (Lipinski definition) is 0. The van der Waals surface area contributed by atoms with Gasteiger partial charge in [0.2, 0.25) is 5.89 Å². The van der Waals surface area contributed by atoms with E-state index in [1.54, 1.807) is 0 Å². The Bertz CT molecular complexity index is 625. The average Bonchev–Trinajstić information content (AvgIpc) is 2.84. The van der Waals surface area contributed by atoms with Crippen LogP contribution in [-0.4, -0.2) is 10.3 Å². The fraction of sp³-hybridized carbons (Fsp3) is 0.133. The molecule has 0 aliphatic heterocycles. The molecule has 0 amide bonds. The fourth-order valence-electron chi connectivity index (χ4n) is 1.92. The summed E-state index contributed by atoms with van der Waals surface area (Å²) in [6.07, 6.45) is 1.04. The second-order valence-corrected chi connectivity index (χ2v) is 4.92. The molecule has 3 heteroatoms. The highest BCUT2D eigenvalue weighted by molar-refractivity contribution is 9.09. The van der Waals surface area contributed by atoms with E-state index in [0.717, 1.165) is 28.4 Å². The molecule has 0 saturated carbocycles. The van der Waals surface area contributed by atoms with Crippen LogP contribution >= 0.6 is 15.9 Å². The zero-order valence-corrected chi connectivity index (χ0v) is 11.4. The maximum atomic E-state index is 5.73. The van der Waals surface area contributed by atoms with Gasteiger partial charge in [0.25, 0.3) is 0 Å². The molecule has 0 atom stereocenters. The molecule has 0 aliphatic carbocycles. The van der Waals surface area contributed by atoms with Crippen LogP contribution in [0.1, 0.15) is 5.56 Å². The van der Waals surface area contributed by atoms with Crippen molar-refractivity contribution in [2.24, 2.45) is 0 Å². The zero-order chi connectivity index (χ0) is 12.4. The third-order valence-corrected chi connectivity index (χ3v) is 3.27. The third-order valence-electron chi connectivity index (χ3n) is 2.88. The molecule has 0 saturated heterocycles. The van der Waals surface area contributed by atoms with Crippen molar-refractivity contribution in [3.05, 3.63) is 54.1 Å². The van der Waals surface area contributed by atoms with E-state index in [1.807, 2.05) is 24.3 Å². The van der Waals surface area contributed by atoms with Crippen molar-refractivity contribution in [2.45, 2.75) is 6.42 Å². The van der Waals surface area contributed by atoms with Gasteiger partial charge in [0.1, 0.15) is 5.52 Å². The topological polar surface area (TPSA) is 26.0 Å². The minimum atomic E-state index is 0.682. The number of oxazole rings is 1. The number of benzene rings is 2. The number of hydrogen-bond acceptors (Lipinski definition) is 2. The van der Waals surface area contributed by atoms with Gasteiger partial charge in [-0.25, -0.2) is 4.98 Å². The molecule has 2 aromatic carbocycles. The number of aromatic nitrogens is 1. The molecule has 3 rings (SSSR count). The summed E-state index contributed by atoms with van der Waals surface area (Å²) in [5, 5.41) is 0.981. The Hall–Kier alpha value is -1.61. The van der Waals surface area contributed by atoms with Crippen molar-refractivity contribution in [1.29, 1.82) is 0 Å². The molecule has 2 nitrogen and oxygen atoms in total. The average molecular weight is 302 g/mol. The summed E-state index contributed by atoms with van der Waals surface area (Å²) < 4.78 is 5.73. The molecular formula is C15H12BrNO. The van der Waals surface area contributed by atoms with E-state index in [9.17, 15) is 0 Å². The van der Waals surface area contributed by atoms with E-state index in [4.69, 9.17) is 4.42 Å². The van der Waals surface area contributed by atoms with Crippen molar-refractivity contribution in [2.75, 3.05) is 5.33 Å². The lowest BCUT2D eigenvalue weighted by atomic mass is 10.1. The monoisotopic (exact) mass is 301 g/mol. The predicted molar refractivity (Wildman–Crippen MR) is 76.9 cm³/mol. The molecule has 18 heavy (non-hydrogen) atoms. The first-order valence-electron chi connectivity index (χ1n) is 5.87. The standard InChI is InChI=1S/C15H12BrNO/c16-10-9-11-5-7-12(8-6-11)15-17-13-3-1-2-4-14(13)18-15/h1-8H,9-10H2. The molecule has 0 bridgehead atoms. The number of aryl methyl sites for hydroxylation is 1. The number of halogens is 1. The van der Waals surface area contributed by atoms with Gasteiger partial charge in [-0.15, -0.1) is 0 Å². The van der Waals surface area contributed by atoms with Crippen molar-refractivity contribution < 1.29 is 4.42 Å². The maximum absolute atomic E-state index is 5.73. The van der Waals surface area contributed by atoms with E-state index in [1.165, 1.54) is 5.56 Å². The number of para-hydroxylation sites is 2. The van der Waals surface area contributed by atoms with E-state index in [-0.39, 0.29) is 0 Å². The van der Waals surface area contributed by atoms with Crippen LogP contribution in [0.5, 0.6) is 0 Å². The van der Waals surface area contributed by atoms with Crippen molar-refractivity contribution >= 4 is 27.0 Å². The molecule has 1 aromatic heterocycles. The lowest BCUT2D eigenvalue weighted by molar-refractivity contribution is 0.620. The van der Waals surface area contributed by atoms with Crippen LogP contribution in [0, 0.1) is 0 Å². The molecule has 0 unspecified atom stereocenters. The van der Waals surface area contributed by atoms with Crippen LogP contribution in [0.2, 0.25) is 0 Å². The number of alkyl halides is 1. The van der Waals surface area contributed by atoms with E-state index < -0.39 is 0 Å². The highest BCUT2D eigenvalue weighted by Gasteiger charge is 2.07. The minimum absolute atomic E-state index is 0.682. The molecule has 0 spiro atoms. The number of nitrogens with zero attached hydrogens (tertiary/aromatic N) is 1. The van der Waals surface area contributed by atoms with Gasteiger partial charge in [-0.3, -0.25) is 0 Å². The number of fused-ring (bicyclic) bond motifs is 1. The molecule has 0 N–H and O–H groups in total. The maximum Gasteiger partial charge on any atom is 0.227 e. The predicted octanol–water partition coefficient (Wildman–Crippen LogP) is 4.43. The first-order chi connectivity index (χ1) is 8.86. The largest absolute Gasteiger partial charge is 0.436 e. The van der Waals surface area contributed by atoms with Gasteiger partial charge in [0.15, 0.2) is 5.58 Å². The first kappa shape index (κ1) is 11.5. The molecule has 1 heterocycles. The van der Waals surface area contributed by atoms with Gasteiger partial charge >= 0.3 is 0 Å².